The summed E-state index contributed by atoms with van der Waals surface area (Å²) in [6.45, 7) is 6.58. The van der Waals surface area contributed by atoms with Gasteiger partial charge in [0.25, 0.3) is 0 Å². The number of fused-ring (bicyclic) bond motifs is 2. The van der Waals surface area contributed by atoms with E-state index in [1.54, 1.807) is 12.1 Å². The molecule has 0 aliphatic carbocycles. The number of sulfonamides is 2. The second-order valence-corrected chi connectivity index (χ2v) is 17.6. The minimum atomic E-state index is -3.37. The summed E-state index contributed by atoms with van der Waals surface area (Å²) in [4.78, 5) is 0. The van der Waals surface area contributed by atoms with Gasteiger partial charge in [-0.05, 0) is 91.6 Å². The third-order valence-electron chi connectivity index (χ3n) is 9.89. The summed E-state index contributed by atoms with van der Waals surface area (Å²) >= 11 is 12.1. The van der Waals surface area contributed by atoms with Gasteiger partial charge in [-0.15, -0.1) is 0 Å². The Morgan fingerprint density at radius 1 is 0.660 bits per heavy atom. The molecule has 282 valence electrons. The van der Waals surface area contributed by atoms with Crippen molar-refractivity contribution in [2.24, 2.45) is 11.5 Å². The van der Waals surface area contributed by atoms with Gasteiger partial charge in [0.1, 0.15) is 0 Å². The van der Waals surface area contributed by atoms with Gasteiger partial charge in [-0.1, -0.05) is 73.4 Å². The summed E-state index contributed by atoms with van der Waals surface area (Å²) in [5, 5.41) is 3.01. The van der Waals surface area contributed by atoms with Crippen LogP contribution in [0.5, 0.6) is 0 Å². The van der Waals surface area contributed by atoms with Gasteiger partial charge in [0.15, 0.2) is 0 Å². The van der Waals surface area contributed by atoms with E-state index in [2.05, 4.69) is 32.4 Å². The van der Waals surface area contributed by atoms with Crippen molar-refractivity contribution < 1.29 is 16.8 Å². The van der Waals surface area contributed by atoms with Gasteiger partial charge in [0.05, 0.1) is 46.0 Å². The lowest BCUT2D eigenvalue weighted by atomic mass is 9.81. The molecule has 3 unspecified atom stereocenters. The molecule has 6 rings (SSSR count). The van der Waals surface area contributed by atoms with Crippen molar-refractivity contribution in [2.75, 3.05) is 28.5 Å². The molecule has 0 saturated carbocycles. The molecule has 6 N–H and O–H groups in total. The maximum atomic E-state index is 11.7. The van der Waals surface area contributed by atoms with Crippen LogP contribution in [0.2, 0.25) is 10.0 Å². The van der Waals surface area contributed by atoms with Gasteiger partial charge in [-0.25, -0.2) is 16.8 Å². The van der Waals surface area contributed by atoms with Gasteiger partial charge in [-0.2, -0.15) is 0 Å². The molecule has 0 fully saturated rings. The molecular formula is C39H46Cl2N6O4S2. The Morgan fingerprint density at radius 2 is 1.09 bits per heavy atom. The smallest absolute Gasteiger partial charge is 0.229 e. The maximum Gasteiger partial charge on any atom is 0.229 e. The molecule has 2 aromatic heterocycles. The summed E-state index contributed by atoms with van der Waals surface area (Å²) in [6, 6.07) is 30.2. The van der Waals surface area contributed by atoms with Crippen LogP contribution in [0.4, 0.5) is 11.4 Å². The van der Waals surface area contributed by atoms with Crippen molar-refractivity contribution >= 4 is 76.4 Å². The molecule has 0 amide bonds. The van der Waals surface area contributed by atoms with Crippen molar-refractivity contribution in [1.82, 2.24) is 9.13 Å². The Labute approximate surface area is 322 Å². The second kappa shape index (κ2) is 15.7. The van der Waals surface area contributed by atoms with Crippen LogP contribution in [0, 0.1) is 0 Å². The van der Waals surface area contributed by atoms with Gasteiger partial charge < -0.3 is 20.6 Å². The number of anilines is 2. The number of nitrogens with two attached hydrogens (primary N) is 2. The summed E-state index contributed by atoms with van der Waals surface area (Å²) in [5.74, 6) is 0. The number of rotatable bonds is 12. The highest BCUT2D eigenvalue weighted by atomic mass is 35.5. The molecule has 0 spiro atoms. The number of halogens is 2. The summed E-state index contributed by atoms with van der Waals surface area (Å²) in [6.07, 6.45) is 7.77. The first kappa shape index (κ1) is 40.2. The number of aromatic nitrogens is 2. The molecular weight excluding hydrogens is 752 g/mol. The molecule has 3 atom stereocenters. The number of nitrogens with zero attached hydrogens (tertiary/aromatic N) is 2. The zero-order chi connectivity index (χ0) is 38.8. The second-order valence-electron chi connectivity index (χ2n) is 13.3. The quantitative estimate of drug-likeness (QED) is 0.0986. The first-order valence-electron chi connectivity index (χ1n) is 17.1. The number of benzene rings is 4. The molecule has 14 heteroatoms. The highest BCUT2D eigenvalue weighted by molar-refractivity contribution is 7.92. The Bertz CT molecular complexity index is 2420. The molecule has 10 nitrogen and oxygen atoms in total. The van der Waals surface area contributed by atoms with E-state index in [9.17, 15) is 16.8 Å². The molecule has 4 aromatic carbocycles. The van der Waals surface area contributed by atoms with Gasteiger partial charge >= 0.3 is 0 Å². The van der Waals surface area contributed by atoms with E-state index in [1.165, 1.54) is 0 Å². The van der Waals surface area contributed by atoms with Crippen LogP contribution in [0.3, 0.4) is 0 Å². The fourth-order valence-corrected chi connectivity index (χ4v) is 8.73. The Morgan fingerprint density at radius 3 is 1.49 bits per heavy atom. The van der Waals surface area contributed by atoms with Gasteiger partial charge in [0, 0.05) is 45.8 Å². The van der Waals surface area contributed by atoms with E-state index in [4.69, 9.17) is 34.7 Å². The first-order chi connectivity index (χ1) is 25.0. The van der Waals surface area contributed by atoms with Crippen LogP contribution in [0.1, 0.15) is 44.7 Å². The average Bonchev–Trinajstić information content (AvgIpc) is 3.74. The largest absolute Gasteiger partial charge is 0.336 e. The molecule has 0 saturated heterocycles. The van der Waals surface area contributed by atoms with E-state index in [1.807, 2.05) is 104 Å². The topological polar surface area (TPSA) is 154 Å². The van der Waals surface area contributed by atoms with Gasteiger partial charge in [0.2, 0.25) is 20.0 Å². The fourth-order valence-electron chi connectivity index (χ4n) is 7.32. The van der Waals surface area contributed by atoms with Crippen LogP contribution in [-0.4, -0.2) is 51.1 Å². The fraction of sp³-hybridized carbons (Fsp3) is 0.282. The lowest BCUT2D eigenvalue weighted by molar-refractivity contribution is 0.296. The van der Waals surface area contributed by atoms with Crippen molar-refractivity contribution in [3.05, 3.63) is 131 Å². The predicted molar refractivity (Wildman–Crippen MR) is 221 cm³/mol. The summed E-state index contributed by atoms with van der Waals surface area (Å²) < 4.78 is 56.2. The molecule has 0 aliphatic heterocycles. The standard InChI is InChI=1S/C20H24ClN3O2S.C19H22ClN3O2S/c1-4-20(14(2)22,15-8-10-16(21)11-9-15)24-13-12-17-18(23-27(3,25)26)6-5-7-19(17)24;1-3-19(13-21,14-7-9-15(20)10-8-14)23-12-11-16-17(22-26(2,24)25)5-4-6-18(16)23/h5-14,23H,4,22H2,1-3H3;4-12,22H,3,13,21H2,1-2H3. The molecule has 0 radical (unpaired) electrons. The van der Waals surface area contributed by atoms with E-state index in [0.717, 1.165) is 58.3 Å². The summed E-state index contributed by atoms with van der Waals surface area (Å²) in [5.41, 5.74) is 16.9. The average molecular weight is 798 g/mol. The monoisotopic (exact) mass is 796 g/mol. The molecule has 6 aromatic rings. The third kappa shape index (κ3) is 8.23. The van der Waals surface area contributed by atoms with Gasteiger partial charge in [-0.3, -0.25) is 9.44 Å². The van der Waals surface area contributed by atoms with Crippen molar-refractivity contribution in [2.45, 2.75) is 50.7 Å². The predicted octanol–water partition coefficient (Wildman–Crippen LogP) is 7.95. The van der Waals surface area contributed by atoms with Crippen LogP contribution in [0.25, 0.3) is 21.8 Å². The molecule has 0 aliphatic rings. The first-order valence-corrected chi connectivity index (χ1v) is 21.7. The highest BCUT2D eigenvalue weighted by Crippen LogP contribution is 2.39. The zero-order valence-corrected chi connectivity index (χ0v) is 33.5. The number of hydrogen-bond acceptors (Lipinski definition) is 6. The Balaban J connectivity index is 0.000000204. The molecule has 2 heterocycles. The Kier molecular flexibility index (Phi) is 11.9. The van der Waals surface area contributed by atoms with E-state index in [0.29, 0.717) is 28.0 Å². The number of nitrogens with one attached hydrogen (secondary N) is 2. The normalized spacial score (nSPS) is 14.9. The Hall–Kier alpha value is -4.04. The van der Waals surface area contributed by atoms with Crippen molar-refractivity contribution in [3.8, 4) is 0 Å². The SMILES string of the molecule is CCC(CN)(c1ccc(Cl)cc1)n1ccc2c(NS(C)(=O)=O)cccc21.CCC(c1ccc(Cl)cc1)(C(C)N)n1ccc2c(NS(C)(=O)=O)cccc21. The molecule has 53 heavy (non-hydrogen) atoms. The molecule has 0 bridgehead atoms. The van der Waals surface area contributed by atoms with Crippen LogP contribution >= 0.6 is 23.2 Å². The van der Waals surface area contributed by atoms with Crippen LogP contribution in [-0.2, 0) is 31.1 Å². The van der Waals surface area contributed by atoms with Crippen molar-refractivity contribution in [1.29, 1.82) is 0 Å². The minimum absolute atomic E-state index is 0.189. The van der Waals surface area contributed by atoms with Crippen molar-refractivity contribution in [3.63, 3.8) is 0 Å². The third-order valence-corrected chi connectivity index (χ3v) is 11.6. The lowest BCUT2D eigenvalue weighted by Crippen LogP contribution is -2.48. The highest BCUT2D eigenvalue weighted by Gasteiger charge is 2.37. The summed E-state index contributed by atoms with van der Waals surface area (Å²) in [7, 11) is -6.73. The van der Waals surface area contributed by atoms with E-state index >= 15 is 0 Å². The zero-order valence-electron chi connectivity index (χ0n) is 30.3. The number of hydrogen-bond donors (Lipinski definition) is 4. The van der Waals surface area contributed by atoms with Crippen LogP contribution < -0.4 is 20.9 Å². The lowest BCUT2D eigenvalue weighted by Gasteiger charge is -2.40. The minimum Gasteiger partial charge on any atom is -0.336 e. The van der Waals surface area contributed by atoms with E-state index < -0.39 is 31.1 Å². The van der Waals surface area contributed by atoms with Crippen LogP contribution in [0.15, 0.2) is 109 Å². The maximum absolute atomic E-state index is 11.7. The van der Waals surface area contributed by atoms with E-state index in [-0.39, 0.29) is 6.04 Å².